The van der Waals surface area contributed by atoms with Crippen molar-refractivity contribution in [2.45, 2.75) is 19.4 Å². The van der Waals surface area contributed by atoms with Crippen LogP contribution in [0.4, 0.5) is 5.69 Å². The first-order valence-corrected chi connectivity index (χ1v) is 7.27. The van der Waals surface area contributed by atoms with Crippen molar-refractivity contribution in [1.82, 2.24) is 0 Å². The van der Waals surface area contributed by atoms with Gasteiger partial charge in [-0.25, -0.2) is 0 Å². The summed E-state index contributed by atoms with van der Waals surface area (Å²) in [4.78, 5) is 4.56. The molecule has 5 heteroatoms. The average molecular weight is 320 g/mol. The highest BCUT2D eigenvalue weighted by Gasteiger charge is 2.16. The van der Waals surface area contributed by atoms with E-state index in [-0.39, 0.29) is 0 Å². The standard InChI is InChI=1S/C11H12BrClN2S/c1-2-8-6-16-11(14-8)15-10-4-3-7(12)5-9(10)13/h3-5,8H,2,6H2,1H3,(H,14,15). The van der Waals surface area contributed by atoms with Gasteiger partial charge in [0.15, 0.2) is 5.17 Å². The van der Waals surface area contributed by atoms with Crippen molar-refractivity contribution in [2.75, 3.05) is 11.1 Å². The number of nitrogens with zero attached hydrogens (tertiary/aromatic N) is 1. The molecule has 1 heterocycles. The van der Waals surface area contributed by atoms with Crippen LogP contribution in [0.5, 0.6) is 0 Å². The summed E-state index contributed by atoms with van der Waals surface area (Å²) in [7, 11) is 0. The fourth-order valence-electron chi connectivity index (χ4n) is 1.40. The molecule has 1 unspecified atom stereocenters. The van der Waals surface area contributed by atoms with E-state index in [9.17, 15) is 0 Å². The number of thioether (sulfide) groups is 1. The highest BCUT2D eigenvalue weighted by molar-refractivity contribution is 9.10. The van der Waals surface area contributed by atoms with Crippen molar-refractivity contribution >= 4 is 50.1 Å². The SMILES string of the molecule is CCC1CSC(Nc2ccc(Br)cc2Cl)=N1. The molecule has 86 valence electrons. The quantitative estimate of drug-likeness (QED) is 0.874. The van der Waals surface area contributed by atoms with E-state index in [1.807, 2.05) is 18.2 Å². The molecule has 0 saturated heterocycles. The van der Waals surface area contributed by atoms with Crippen molar-refractivity contribution in [3.63, 3.8) is 0 Å². The average Bonchev–Trinajstić information content (AvgIpc) is 2.70. The minimum Gasteiger partial charge on any atom is -0.334 e. The number of nitrogens with one attached hydrogen (secondary N) is 1. The molecule has 0 fully saturated rings. The Balaban J connectivity index is 2.10. The lowest BCUT2D eigenvalue weighted by Gasteiger charge is -2.07. The number of benzene rings is 1. The van der Waals surface area contributed by atoms with Gasteiger partial charge in [-0.15, -0.1) is 0 Å². The van der Waals surface area contributed by atoms with Crippen molar-refractivity contribution < 1.29 is 0 Å². The Hall–Kier alpha value is -0.190. The van der Waals surface area contributed by atoms with Gasteiger partial charge in [0.2, 0.25) is 0 Å². The Bertz CT molecular complexity index is 422. The molecule has 1 aliphatic heterocycles. The lowest BCUT2D eigenvalue weighted by molar-refractivity contribution is 0.738. The molecular formula is C11H12BrClN2S. The van der Waals surface area contributed by atoms with Crippen LogP contribution in [-0.4, -0.2) is 17.0 Å². The van der Waals surface area contributed by atoms with Gasteiger partial charge < -0.3 is 5.32 Å². The highest BCUT2D eigenvalue weighted by Crippen LogP contribution is 2.28. The zero-order valence-corrected chi connectivity index (χ0v) is 12.0. The Morgan fingerprint density at radius 1 is 1.62 bits per heavy atom. The molecule has 0 aromatic heterocycles. The van der Waals surface area contributed by atoms with Gasteiger partial charge >= 0.3 is 0 Å². The molecule has 0 radical (unpaired) electrons. The van der Waals surface area contributed by atoms with Crippen molar-refractivity contribution in [1.29, 1.82) is 0 Å². The second-order valence-corrected chi connectivity index (χ2v) is 5.89. The molecular weight excluding hydrogens is 308 g/mol. The monoisotopic (exact) mass is 318 g/mol. The number of aliphatic imine (C=N–C) groups is 1. The van der Waals surface area contributed by atoms with Gasteiger partial charge in [0.25, 0.3) is 0 Å². The summed E-state index contributed by atoms with van der Waals surface area (Å²) in [6, 6.07) is 6.24. The third-order valence-corrected chi connectivity index (χ3v) is 4.19. The van der Waals surface area contributed by atoms with E-state index >= 15 is 0 Å². The summed E-state index contributed by atoms with van der Waals surface area (Å²) >= 11 is 11.3. The molecule has 1 atom stereocenters. The smallest absolute Gasteiger partial charge is 0.161 e. The highest BCUT2D eigenvalue weighted by atomic mass is 79.9. The maximum atomic E-state index is 6.12. The molecule has 2 rings (SSSR count). The summed E-state index contributed by atoms with van der Waals surface area (Å²) < 4.78 is 0.982. The van der Waals surface area contributed by atoms with E-state index in [4.69, 9.17) is 11.6 Å². The third-order valence-electron chi connectivity index (χ3n) is 2.36. The third kappa shape index (κ3) is 2.93. The second-order valence-electron chi connectivity index (χ2n) is 3.56. The first-order chi connectivity index (χ1) is 7.69. The molecule has 1 aromatic carbocycles. The van der Waals surface area contributed by atoms with Crippen LogP contribution in [0.25, 0.3) is 0 Å². The molecule has 0 bridgehead atoms. The van der Waals surface area contributed by atoms with Crippen LogP contribution in [-0.2, 0) is 0 Å². The van der Waals surface area contributed by atoms with E-state index in [1.165, 1.54) is 0 Å². The zero-order valence-electron chi connectivity index (χ0n) is 8.84. The van der Waals surface area contributed by atoms with E-state index in [2.05, 4.69) is 33.2 Å². The number of hydrogen-bond acceptors (Lipinski definition) is 3. The largest absolute Gasteiger partial charge is 0.334 e. The summed E-state index contributed by atoms with van der Waals surface area (Å²) in [5.41, 5.74) is 0.910. The molecule has 0 amide bonds. The van der Waals surface area contributed by atoms with Gasteiger partial charge in [-0.1, -0.05) is 46.2 Å². The minimum absolute atomic E-state index is 0.446. The van der Waals surface area contributed by atoms with Crippen molar-refractivity contribution in [3.05, 3.63) is 27.7 Å². The van der Waals surface area contributed by atoms with Gasteiger partial charge in [0, 0.05) is 10.2 Å². The summed E-state index contributed by atoms with van der Waals surface area (Å²) in [6.07, 6.45) is 1.09. The van der Waals surface area contributed by atoms with E-state index in [0.29, 0.717) is 11.1 Å². The fourth-order valence-corrected chi connectivity index (χ4v) is 3.19. The first-order valence-electron chi connectivity index (χ1n) is 5.11. The zero-order chi connectivity index (χ0) is 11.5. The number of halogens is 2. The number of hydrogen-bond donors (Lipinski definition) is 1. The topological polar surface area (TPSA) is 24.4 Å². The maximum Gasteiger partial charge on any atom is 0.161 e. The lowest BCUT2D eigenvalue weighted by atomic mass is 10.3. The predicted molar refractivity (Wildman–Crippen MR) is 76.7 cm³/mol. The number of anilines is 1. The Morgan fingerprint density at radius 3 is 3.06 bits per heavy atom. The van der Waals surface area contributed by atoms with Crippen LogP contribution in [0, 0.1) is 0 Å². The summed E-state index contributed by atoms with van der Waals surface area (Å²) in [6.45, 7) is 2.16. The fraction of sp³-hybridized carbons (Fsp3) is 0.364. The molecule has 0 spiro atoms. The predicted octanol–water partition coefficient (Wildman–Crippen LogP) is 4.40. The van der Waals surface area contributed by atoms with Crippen LogP contribution in [0.1, 0.15) is 13.3 Å². The van der Waals surface area contributed by atoms with Gasteiger partial charge in [-0.3, -0.25) is 4.99 Å². The molecule has 0 saturated carbocycles. The van der Waals surface area contributed by atoms with E-state index in [0.717, 1.165) is 27.5 Å². The van der Waals surface area contributed by atoms with E-state index in [1.54, 1.807) is 11.8 Å². The summed E-state index contributed by atoms with van der Waals surface area (Å²) in [5.74, 6) is 1.06. The molecule has 1 aromatic rings. The van der Waals surface area contributed by atoms with Crippen LogP contribution in [0.2, 0.25) is 5.02 Å². The van der Waals surface area contributed by atoms with Crippen LogP contribution >= 0.6 is 39.3 Å². The Kier molecular flexibility index (Phi) is 4.16. The second kappa shape index (κ2) is 5.43. The van der Waals surface area contributed by atoms with Crippen LogP contribution < -0.4 is 5.32 Å². The number of rotatable bonds is 2. The normalized spacial score (nSPS) is 19.7. The lowest BCUT2D eigenvalue weighted by Crippen LogP contribution is -2.05. The van der Waals surface area contributed by atoms with Crippen molar-refractivity contribution in [3.8, 4) is 0 Å². The molecule has 1 N–H and O–H groups in total. The van der Waals surface area contributed by atoms with Crippen molar-refractivity contribution in [2.24, 2.45) is 4.99 Å². The Morgan fingerprint density at radius 2 is 2.44 bits per heavy atom. The molecule has 2 nitrogen and oxygen atoms in total. The van der Waals surface area contributed by atoms with Gasteiger partial charge in [-0.2, -0.15) is 0 Å². The Labute approximate surface area is 113 Å². The van der Waals surface area contributed by atoms with Gasteiger partial charge in [0.1, 0.15) is 0 Å². The molecule has 1 aliphatic rings. The van der Waals surface area contributed by atoms with Gasteiger partial charge in [0.05, 0.1) is 16.8 Å². The van der Waals surface area contributed by atoms with Crippen LogP contribution in [0.3, 0.4) is 0 Å². The first kappa shape index (κ1) is 12.3. The van der Waals surface area contributed by atoms with E-state index < -0.39 is 0 Å². The van der Waals surface area contributed by atoms with Crippen LogP contribution in [0.15, 0.2) is 27.7 Å². The molecule has 0 aliphatic carbocycles. The minimum atomic E-state index is 0.446. The number of amidine groups is 1. The molecule has 16 heavy (non-hydrogen) atoms. The van der Waals surface area contributed by atoms with Gasteiger partial charge in [-0.05, 0) is 24.6 Å². The maximum absolute atomic E-state index is 6.12. The summed E-state index contributed by atoms with van der Waals surface area (Å²) in [5, 5.41) is 4.94.